The first kappa shape index (κ1) is 11.3. The summed E-state index contributed by atoms with van der Waals surface area (Å²) < 4.78 is 0. The summed E-state index contributed by atoms with van der Waals surface area (Å²) in [6.45, 7) is 3.94. The molecule has 7 nitrogen and oxygen atoms in total. The topological polar surface area (TPSA) is 110 Å². The monoisotopic (exact) mass is 234 g/mol. The van der Waals surface area contributed by atoms with Crippen LogP contribution in [-0.4, -0.2) is 32.4 Å². The average molecular weight is 234 g/mol. The van der Waals surface area contributed by atoms with Crippen LogP contribution in [0.15, 0.2) is 12.7 Å². The summed E-state index contributed by atoms with van der Waals surface area (Å²) in [6, 6.07) is 0. The van der Waals surface area contributed by atoms with Crippen molar-refractivity contribution in [1.82, 2.24) is 19.9 Å². The van der Waals surface area contributed by atoms with E-state index in [1.807, 2.05) is 0 Å². The number of aromatic amines is 1. The molecule has 0 aliphatic rings. The fourth-order valence-corrected chi connectivity index (χ4v) is 1.29. The van der Waals surface area contributed by atoms with Crippen molar-refractivity contribution in [3.8, 4) is 0 Å². The Kier molecular flexibility index (Phi) is 2.66. The van der Waals surface area contributed by atoms with Crippen molar-refractivity contribution in [1.29, 1.82) is 0 Å². The van der Waals surface area contributed by atoms with Gasteiger partial charge in [0.2, 0.25) is 5.91 Å². The number of nitrogens with one attached hydrogen (secondary N) is 2. The molecule has 2 aromatic heterocycles. The molecule has 0 spiro atoms. The Labute approximate surface area is 97.9 Å². The zero-order valence-electron chi connectivity index (χ0n) is 9.69. The zero-order chi connectivity index (χ0) is 12.5. The first-order valence-electron chi connectivity index (χ1n) is 5.18. The number of carbonyl (C=O) groups is 1. The van der Waals surface area contributed by atoms with Crippen LogP contribution in [0.1, 0.15) is 13.8 Å². The number of nitrogens with zero attached hydrogens (tertiary/aromatic N) is 3. The predicted octanol–water partition coefficient (Wildman–Crippen LogP) is 0.276. The molecule has 0 fully saturated rings. The second-order valence-corrected chi connectivity index (χ2v) is 4.43. The lowest BCUT2D eigenvalue weighted by Gasteiger charge is -2.20. The van der Waals surface area contributed by atoms with Crippen molar-refractivity contribution in [2.45, 2.75) is 13.8 Å². The fraction of sp³-hybridized carbons (Fsp3) is 0.400. The van der Waals surface area contributed by atoms with Gasteiger partial charge >= 0.3 is 0 Å². The molecule has 2 aromatic rings. The number of nitrogens with two attached hydrogens (primary N) is 1. The number of hydrogen-bond donors (Lipinski definition) is 3. The van der Waals surface area contributed by atoms with Crippen LogP contribution in [0.2, 0.25) is 0 Å². The number of hydrogen-bond acceptors (Lipinski definition) is 5. The minimum atomic E-state index is -0.642. The Morgan fingerprint density at radius 2 is 2.24 bits per heavy atom. The van der Waals surface area contributed by atoms with E-state index in [0.29, 0.717) is 23.5 Å². The molecule has 0 radical (unpaired) electrons. The van der Waals surface area contributed by atoms with Crippen molar-refractivity contribution in [3.05, 3.63) is 12.7 Å². The van der Waals surface area contributed by atoms with Crippen molar-refractivity contribution in [2.75, 3.05) is 11.9 Å². The molecule has 17 heavy (non-hydrogen) atoms. The summed E-state index contributed by atoms with van der Waals surface area (Å²) in [5.74, 6) is 0.252. The van der Waals surface area contributed by atoms with Gasteiger partial charge in [-0.15, -0.1) is 0 Å². The molecule has 0 aliphatic carbocycles. The van der Waals surface area contributed by atoms with E-state index in [4.69, 9.17) is 5.73 Å². The van der Waals surface area contributed by atoms with E-state index in [1.165, 1.54) is 6.33 Å². The van der Waals surface area contributed by atoms with Gasteiger partial charge in [-0.3, -0.25) is 4.79 Å². The van der Waals surface area contributed by atoms with Gasteiger partial charge in [0.05, 0.1) is 11.7 Å². The van der Waals surface area contributed by atoms with Gasteiger partial charge < -0.3 is 16.0 Å². The molecule has 1 amide bonds. The highest BCUT2D eigenvalue weighted by Crippen LogP contribution is 2.18. The fourth-order valence-electron chi connectivity index (χ4n) is 1.29. The van der Waals surface area contributed by atoms with E-state index in [2.05, 4.69) is 25.3 Å². The van der Waals surface area contributed by atoms with Gasteiger partial charge in [0.25, 0.3) is 0 Å². The molecule has 7 heteroatoms. The Hall–Kier alpha value is -2.18. The molecular formula is C10H14N6O. The molecule has 0 saturated carbocycles. The lowest BCUT2D eigenvalue weighted by Crippen LogP contribution is -2.37. The highest BCUT2D eigenvalue weighted by molar-refractivity contribution is 5.83. The van der Waals surface area contributed by atoms with Gasteiger partial charge in [0.1, 0.15) is 11.8 Å². The van der Waals surface area contributed by atoms with Gasteiger partial charge in [-0.25, -0.2) is 15.0 Å². The zero-order valence-corrected chi connectivity index (χ0v) is 9.69. The van der Waals surface area contributed by atoms with Gasteiger partial charge in [-0.1, -0.05) is 0 Å². The number of carbonyl (C=O) groups excluding carboxylic acids is 1. The smallest absolute Gasteiger partial charge is 0.224 e. The predicted molar refractivity (Wildman–Crippen MR) is 63.1 cm³/mol. The SMILES string of the molecule is CC(C)(CNc1ncnc2nc[nH]c12)C(N)=O. The molecule has 0 bridgehead atoms. The van der Waals surface area contributed by atoms with Crippen LogP contribution in [0.4, 0.5) is 5.82 Å². The lowest BCUT2D eigenvalue weighted by atomic mass is 9.93. The number of anilines is 1. The molecule has 4 N–H and O–H groups in total. The second kappa shape index (κ2) is 4.00. The maximum Gasteiger partial charge on any atom is 0.224 e. The maximum atomic E-state index is 11.2. The molecule has 0 saturated heterocycles. The second-order valence-electron chi connectivity index (χ2n) is 4.43. The maximum absolute atomic E-state index is 11.2. The number of fused-ring (bicyclic) bond motifs is 1. The molecular weight excluding hydrogens is 220 g/mol. The molecule has 90 valence electrons. The summed E-state index contributed by atoms with van der Waals surface area (Å²) in [6.07, 6.45) is 2.96. The van der Waals surface area contributed by atoms with Gasteiger partial charge in [0.15, 0.2) is 11.5 Å². The van der Waals surface area contributed by atoms with Crippen LogP contribution in [0, 0.1) is 5.41 Å². The molecule has 2 heterocycles. The van der Waals surface area contributed by atoms with Crippen LogP contribution >= 0.6 is 0 Å². The number of aromatic nitrogens is 4. The quantitative estimate of drug-likeness (QED) is 0.703. The third kappa shape index (κ3) is 2.17. The summed E-state index contributed by atoms with van der Waals surface area (Å²) in [7, 11) is 0. The highest BCUT2D eigenvalue weighted by atomic mass is 16.1. The van der Waals surface area contributed by atoms with Crippen LogP contribution in [0.25, 0.3) is 11.2 Å². The molecule has 0 unspecified atom stereocenters. The van der Waals surface area contributed by atoms with Crippen LogP contribution in [0.3, 0.4) is 0 Å². The number of H-pyrrole nitrogens is 1. The summed E-state index contributed by atoms with van der Waals surface area (Å²) in [5.41, 5.74) is 5.95. The van der Waals surface area contributed by atoms with Crippen molar-refractivity contribution in [3.63, 3.8) is 0 Å². The number of primary amides is 1. The van der Waals surface area contributed by atoms with Crippen LogP contribution < -0.4 is 11.1 Å². The van der Waals surface area contributed by atoms with Gasteiger partial charge in [0, 0.05) is 6.54 Å². The molecule has 2 rings (SSSR count). The Morgan fingerprint density at radius 1 is 1.47 bits per heavy atom. The molecule has 0 aromatic carbocycles. The first-order valence-corrected chi connectivity index (χ1v) is 5.18. The van der Waals surface area contributed by atoms with E-state index in [-0.39, 0.29) is 5.91 Å². The van der Waals surface area contributed by atoms with Crippen molar-refractivity contribution >= 4 is 22.9 Å². The van der Waals surface area contributed by atoms with Crippen LogP contribution in [0.5, 0.6) is 0 Å². The Morgan fingerprint density at radius 3 is 2.94 bits per heavy atom. The number of amides is 1. The third-order valence-electron chi connectivity index (χ3n) is 2.59. The third-order valence-corrected chi connectivity index (χ3v) is 2.59. The first-order chi connectivity index (χ1) is 8.00. The van der Waals surface area contributed by atoms with E-state index in [0.717, 1.165) is 0 Å². The number of imidazole rings is 1. The van der Waals surface area contributed by atoms with E-state index < -0.39 is 5.41 Å². The molecule has 0 aliphatic heterocycles. The minimum absolute atomic E-state index is 0.361. The average Bonchev–Trinajstić information content (AvgIpc) is 2.74. The van der Waals surface area contributed by atoms with Crippen LogP contribution in [-0.2, 0) is 4.79 Å². The highest BCUT2D eigenvalue weighted by Gasteiger charge is 2.25. The van der Waals surface area contributed by atoms with E-state index in [9.17, 15) is 4.79 Å². The van der Waals surface area contributed by atoms with Gasteiger partial charge in [-0.2, -0.15) is 0 Å². The number of rotatable bonds is 4. The minimum Gasteiger partial charge on any atom is -0.369 e. The molecule has 0 atom stereocenters. The summed E-state index contributed by atoms with van der Waals surface area (Å²) in [4.78, 5) is 26.2. The largest absolute Gasteiger partial charge is 0.369 e. The standard InChI is InChI=1S/C10H14N6O/c1-10(2,9(11)17)3-12-7-6-8(14-4-13-6)16-5-15-7/h4-5H,3H2,1-2H3,(H2,11,17)(H2,12,13,14,15,16). The summed E-state index contributed by atoms with van der Waals surface area (Å²) >= 11 is 0. The van der Waals surface area contributed by atoms with E-state index >= 15 is 0 Å². The van der Waals surface area contributed by atoms with Gasteiger partial charge in [-0.05, 0) is 13.8 Å². The lowest BCUT2D eigenvalue weighted by molar-refractivity contribution is -0.125. The Balaban J connectivity index is 2.19. The van der Waals surface area contributed by atoms with Crippen molar-refractivity contribution < 1.29 is 4.79 Å². The normalized spacial score (nSPS) is 11.6. The van der Waals surface area contributed by atoms with Crippen molar-refractivity contribution in [2.24, 2.45) is 11.1 Å². The van der Waals surface area contributed by atoms with E-state index in [1.54, 1.807) is 20.2 Å². The Bertz CT molecular complexity index is 546. The summed E-state index contributed by atoms with van der Waals surface area (Å²) in [5, 5.41) is 3.07.